The van der Waals surface area contributed by atoms with E-state index < -0.39 is 5.60 Å². The van der Waals surface area contributed by atoms with Gasteiger partial charge in [-0.05, 0) is 45.9 Å². The van der Waals surface area contributed by atoms with E-state index in [4.69, 9.17) is 0 Å². The maximum atomic E-state index is 9.95. The van der Waals surface area contributed by atoms with Crippen molar-refractivity contribution in [1.29, 1.82) is 0 Å². The molecule has 0 heterocycles. The summed E-state index contributed by atoms with van der Waals surface area (Å²) in [7, 11) is 1.88. The highest BCUT2D eigenvalue weighted by Crippen LogP contribution is 2.46. The average Bonchev–Trinajstić information content (AvgIpc) is 2.00. The van der Waals surface area contributed by atoms with Crippen LogP contribution in [0.25, 0.3) is 0 Å². The predicted molar refractivity (Wildman–Crippen MR) is 46.5 cm³/mol. The van der Waals surface area contributed by atoms with Crippen LogP contribution >= 0.6 is 0 Å². The molecule has 64 valence electrons. The normalized spacial score (nSPS) is 44.2. The highest BCUT2D eigenvalue weighted by Gasteiger charge is 2.53. The van der Waals surface area contributed by atoms with E-state index >= 15 is 0 Å². The summed E-state index contributed by atoms with van der Waals surface area (Å²) in [6.45, 7) is 7.92. The Hall–Kier alpha value is -0.340. The molecule has 11 heavy (non-hydrogen) atoms. The average molecular weight is 155 g/mol. The molecule has 0 radical (unpaired) electrons. The van der Waals surface area contributed by atoms with Crippen LogP contribution in [0.4, 0.5) is 0 Å². The summed E-state index contributed by atoms with van der Waals surface area (Å²) in [6.07, 6.45) is 0. The van der Waals surface area contributed by atoms with Crippen LogP contribution < -0.4 is 5.32 Å². The van der Waals surface area contributed by atoms with Crippen LogP contribution in [0.5, 0.6) is 0 Å². The van der Waals surface area contributed by atoms with E-state index in [2.05, 4.69) is 12.2 Å². The van der Waals surface area contributed by atoms with Crippen LogP contribution in [0.2, 0.25) is 0 Å². The largest absolute Gasteiger partial charge is 0.384 e. The van der Waals surface area contributed by atoms with Gasteiger partial charge in [-0.2, -0.15) is 0 Å². The third kappa shape index (κ3) is 0.741. The summed E-state index contributed by atoms with van der Waals surface area (Å²) < 4.78 is 0. The quantitative estimate of drug-likeness (QED) is 0.555. The Kier molecular flexibility index (Phi) is 1.66. The van der Waals surface area contributed by atoms with Crippen molar-refractivity contribution in [1.82, 2.24) is 5.32 Å². The van der Waals surface area contributed by atoms with Gasteiger partial charge in [-0.25, -0.2) is 0 Å². The molecule has 2 unspecified atom stereocenters. The topological polar surface area (TPSA) is 32.3 Å². The summed E-state index contributed by atoms with van der Waals surface area (Å²) >= 11 is 0. The fourth-order valence-corrected chi connectivity index (χ4v) is 1.85. The fraction of sp³-hybridized carbons (Fsp3) is 0.778. The molecule has 0 saturated carbocycles. The van der Waals surface area contributed by atoms with Crippen molar-refractivity contribution in [3.8, 4) is 0 Å². The van der Waals surface area contributed by atoms with Gasteiger partial charge >= 0.3 is 0 Å². The molecule has 2 N–H and O–H groups in total. The van der Waals surface area contributed by atoms with Gasteiger partial charge in [0.1, 0.15) is 5.60 Å². The zero-order valence-corrected chi connectivity index (χ0v) is 7.95. The number of rotatable bonds is 1. The highest BCUT2D eigenvalue weighted by molar-refractivity contribution is 5.46. The van der Waals surface area contributed by atoms with Gasteiger partial charge in [-0.1, -0.05) is 0 Å². The molecule has 1 rings (SSSR count). The van der Waals surface area contributed by atoms with Crippen LogP contribution in [-0.2, 0) is 0 Å². The molecule has 0 fully saturated rings. The molecular formula is C9H17NO. The molecule has 0 spiro atoms. The van der Waals surface area contributed by atoms with Gasteiger partial charge in [-0.15, -0.1) is 0 Å². The first kappa shape index (κ1) is 8.75. The second-order valence-electron chi connectivity index (χ2n) is 3.70. The highest BCUT2D eigenvalue weighted by atomic mass is 16.3. The summed E-state index contributed by atoms with van der Waals surface area (Å²) in [6, 6.07) is 0. The molecule has 0 aromatic carbocycles. The van der Waals surface area contributed by atoms with E-state index in [-0.39, 0.29) is 5.54 Å². The van der Waals surface area contributed by atoms with Crippen molar-refractivity contribution in [2.45, 2.75) is 38.8 Å². The van der Waals surface area contributed by atoms with Crippen LogP contribution in [0.1, 0.15) is 27.7 Å². The van der Waals surface area contributed by atoms with E-state index in [1.807, 2.05) is 27.8 Å². The van der Waals surface area contributed by atoms with Gasteiger partial charge in [0.05, 0.1) is 5.54 Å². The first-order valence-corrected chi connectivity index (χ1v) is 3.97. The van der Waals surface area contributed by atoms with Gasteiger partial charge in [0.2, 0.25) is 0 Å². The summed E-state index contributed by atoms with van der Waals surface area (Å²) in [5, 5.41) is 13.1. The van der Waals surface area contributed by atoms with Crippen molar-refractivity contribution in [2.75, 3.05) is 7.05 Å². The molecule has 0 amide bonds. The van der Waals surface area contributed by atoms with Gasteiger partial charge < -0.3 is 10.4 Å². The minimum atomic E-state index is -0.675. The summed E-state index contributed by atoms with van der Waals surface area (Å²) in [5.74, 6) is 0. The maximum Gasteiger partial charge on any atom is 0.105 e. The van der Waals surface area contributed by atoms with Crippen molar-refractivity contribution >= 4 is 0 Å². The number of likely N-dealkylation sites (N-methyl/N-ethyl adjacent to an activating group) is 1. The number of hydrogen-bond donors (Lipinski definition) is 2. The Labute approximate surface area is 68.3 Å². The van der Waals surface area contributed by atoms with E-state index in [1.165, 1.54) is 5.57 Å². The standard InChI is InChI=1S/C9H17NO/c1-6-7(2)9(4,11)8(6,3)10-5/h10-11H,1-5H3. The Morgan fingerprint density at radius 3 is 1.82 bits per heavy atom. The Bertz CT molecular complexity index is 218. The lowest BCUT2D eigenvalue weighted by molar-refractivity contribution is -0.00578. The van der Waals surface area contributed by atoms with Crippen LogP contribution in [-0.4, -0.2) is 23.3 Å². The zero-order chi connectivity index (χ0) is 8.86. The molecule has 1 aliphatic rings. The third-order valence-electron chi connectivity index (χ3n) is 3.52. The lowest BCUT2D eigenvalue weighted by Crippen LogP contribution is -2.67. The van der Waals surface area contributed by atoms with Gasteiger partial charge in [0, 0.05) is 0 Å². The van der Waals surface area contributed by atoms with E-state index in [0.717, 1.165) is 5.57 Å². The third-order valence-corrected chi connectivity index (χ3v) is 3.52. The van der Waals surface area contributed by atoms with E-state index in [1.54, 1.807) is 0 Å². The molecule has 2 heteroatoms. The van der Waals surface area contributed by atoms with Crippen LogP contribution in [0.15, 0.2) is 11.1 Å². The van der Waals surface area contributed by atoms with E-state index in [0.29, 0.717) is 0 Å². The Balaban J connectivity index is 3.08. The second-order valence-corrected chi connectivity index (χ2v) is 3.70. The second kappa shape index (κ2) is 2.08. The molecule has 1 aliphatic carbocycles. The van der Waals surface area contributed by atoms with Crippen LogP contribution in [0, 0.1) is 0 Å². The zero-order valence-electron chi connectivity index (χ0n) is 7.95. The molecule has 2 atom stereocenters. The van der Waals surface area contributed by atoms with Crippen molar-refractivity contribution in [3.63, 3.8) is 0 Å². The number of hydrogen-bond acceptors (Lipinski definition) is 2. The Morgan fingerprint density at radius 2 is 1.64 bits per heavy atom. The maximum absolute atomic E-state index is 9.95. The fourth-order valence-electron chi connectivity index (χ4n) is 1.85. The summed E-state index contributed by atoms with van der Waals surface area (Å²) in [4.78, 5) is 0. The first-order chi connectivity index (χ1) is 4.88. The van der Waals surface area contributed by atoms with Crippen molar-refractivity contribution < 1.29 is 5.11 Å². The first-order valence-electron chi connectivity index (χ1n) is 3.97. The SMILES string of the molecule is CNC1(C)C(C)=C(C)C1(C)O. The molecule has 0 aromatic rings. The van der Waals surface area contributed by atoms with Crippen molar-refractivity contribution in [3.05, 3.63) is 11.1 Å². The lowest BCUT2D eigenvalue weighted by Gasteiger charge is -2.54. The van der Waals surface area contributed by atoms with Gasteiger partial charge in [-0.3, -0.25) is 0 Å². The smallest absolute Gasteiger partial charge is 0.105 e. The van der Waals surface area contributed by atoms with Crippen molar-refractivity contribution in [2.24, 2.45) is 0 Å². The Morgan fingerprint density at radius 1 is 1.18 bits per heavy atom. The predicted octanol–water partition coefficient (Wildman–Crippen LogP) is 1.07. The number of aliphatic hydroxyl groups is 1. The minimum Gasteiger partial charge on any atom is -0.384 e. The molecule has 0 aliphatic heterocycles. The molecule has 0 aromatic heterocycles. The monoisotopic (exact) mass is 155 g/mol. The molecule has 0 bridgehead atoms. The van der Waals surface area contributed by atoms with Gasteiger partial charge in [0.25, 0.3) is 0 Å². The van der Waals surface area contributed by atoms with Gasteiger partial charge in [0.15, 0.2) is 0 Å². The lowest BCUT2D eigenvalue weighted by atomic mass is 9.61. The van der Waals surface area contributed by atoms with E-state index in [9.17, 15) is 5.11 Å². The molecular weight excluding hydrogens is 138 g/mol. The number of nitrogens with one attached hydrogen (secondary N) is 1. The minimum absolute atomic E-state index is 0.225. The van der Waals surface area contributed by atoms with Crippen LogP contribution in [0.3, 0.4) is 0 Å². The molecule has 0 saturated heterocycles. The summed E-state index contributed by atoms with van der Waals surface area (Å²) in [5.41, 5.74) is 1.45. The molecule has 2 nitrogen and oxygen atoms in total.